The Kier molecular flexibility index (Phi) is 8.12. The average Bonchev–Trinajstić information content (AvgIpc) is 3.21. The van der Waals surface area contributed by atoms with Gasteiger partial charge in [-0.2, -0.15) is 0 Å². The van der Waals surface area contributed by atoms with E-state index in [9.17, 15) is 34.5 Å². The highest BCUT2D eigenvalue weighted by Gasteiger charge is 2.24. The number of thiophene rings is 1. The lowest BCUT2D eigenvalue weighted by Gasteiger charge is -2.16. The molecule has 36 heavy (non-hydrogen) atoms. The number of phenolic OH excluding ortho intramolecular Hbond substituents is 3. The molecule has 0 saturated heterocycles. The number of amides is 4. The Labute approximate surface area is 209 Å². The molecule has 1 heterocycles. The van der Waals surface area contributed by atoms with Gasteiger partial charge in [-0.15, -0.1) is 11.3 Å². The van der Waals surface area contributed by atoms with Gasteiger partial charge in [0.2, 0.25) is 5.91 Å². The molecule has 0 spiro atoms. The Morgan fingerprint density at radius 1 is 0.889 bits per heavy atom. The first-order chi connectivity index (χ1) is 17.0. The van der Waals surface area contributed by atoms with Crippen LogP contribution in [0.25, 0.3) is 0 Å². The molecular weight excluding hydrogens is 488 g/mol. The summed E-state index contributed by atoms with van der Waals surface area (Å²) in [5, 5.41) is 36.1. The molecule has 2 aromatic carbocycles. The van der Waals surface area contributed by atoms with Gasteiger partial charge >= 0.3 is 0 Å². The van der Waals surface area contributed by atoms with Gasteiger partial charge in [0.1, 0.15) is 23.3 Å². The SMILES string of the molecule is Cc1cc(C(=O)NCc2cccc(O)c2)sc1C(=O)NC(CNC(=O)c1cc(O)cc(O)c1)C(N)=O. The van der Waals surface area contributed by atoms with Crippen molar-refractivity contribution in [2.45, 2.75) is 19.5 Å². The van der Waals surface area contributed by atoms with E-state index in [1.54, 1.807) is 19.1 Å². The van der Waals surface area contributed by atoms with Crippen molar-refractivity contribution in [2.75, 3.05) is 6.54 Å². The minimum atomic E-state index is -1.27. The zero-order valence-corrected chi connectivity index (χ0v) is 19.9. The third kappa shape index (κ3) is 6.73. The number of primary amides is 1. The molecule has 8 N–H and O–H groups in total. The molecular formula is C24H24N4O7S. The standard InChI is InChI=1S/C24H24N4O7S/c1-12-5-19(23(34)26-10-13-3-2-4-15(29)6-13)36-20(12)24(35)28-18(21(25)32)11-27-22(33)14-7-16(30)9-17(31)8-14/h2-9,18,29-31H,10-11H2,1H3,(H2,25,32)(H,26,34)(H,27,33)(H,28,35). The number of nitrogens with one attached hydrogen (secondary N) is 3. The summed E-state index contributed by atoms with van der Waals surface area (Å²) < 4.78 is 0. The lowest BCUT2D eigenvalue weighted by atomic mass is 10.1. The number of carbonyl (C=O) groups is 4. The van der Waals surface area contributed by atoms with E-state index in [4.69, 9.17) is 5.73 Å². The highest BCUT2D eigenvalue weighted by Crippen LogP contribution is 2.23. The molecule has 3 aromatic rings. The van der Waals surface area contributed by atoms with E-state index in [1.165, 1.54) is 18.2 Å². The van der Waals surface area contributed by atoms with Crippen molar-refractivity contribution in [1.82, 2.24) is 16.0 Å². The van der Waals surface area contributed by atoms with Crippen molar-refractivity contribution in [3.05, 3.63) is 75.0 Å². The van der Waals surface area contributed by atoms with Crippen LogP contribution in [0, 0.1) is 6.92 Å². The number of hydrogen-bond donors (Lipinski definition) is 7. The highest BCUT2D eigenvalue weighted by molar-refractivity contribution is 7.16. The summed E-state index contributed by atoms with van der Waals surface area (Å²) in [7, 11) is 0. The van der Waals surface area contributed by atoms with Crippen molar-refractivity contribution in [2.24, 2.45) is 5.73 Å². The maximum atomic E-state index is 12.8. The predicted molar refractivity (Wildman–Crippen MR) is 131 cm³/mol. The van der Waals surface area contributed by atoms with Gasteiger partial charge in [0.25, 0.3) is 17.7 Å². The Balaban J connectivity index is 1.62. The summed E-state index contributed by atoms with van der Waals surface area (Å²) in [5.74, 6) is -3.26. The lowest BCUT2D eigenvalue weighted by molar-refractivity contribution is -0.119. The number of hydrogen-bond acceptors (Lipinski definition) is 8. The molecule has 3 rings (SSSR count). The van der Waals surface area contributed by atoms with Crippen LogP contribution in [0.3, 0.4) is 0 Å². The van der Waals surface area contributed by atoms with Crippen LogP contribution in [0.15, 0.2) is 48.5 Å². The number of aryl methyl sites for hydroxylation is 1. The fourth-order valence-electron chi connectivity index (χ4n) is 3.22. The minimum Gasteiger partial charge on any atom is -0.508 e. The Hall–Kier alpha value is -4.58. The number of benzene rings is 2. The molecule has 11 nitrogen and oxygen atoms in total. The third-order valence-corrected chi connectivity index (χ3v) is 6.23. The highest BCUT2D eigenvalue weighted by atomic mass is 32.1. The number of aromatic hydroxyl groups is 3. The molecule has 4 amide bonds. The van der Waals surface area contributed by atoms with E-state index in [2.05, 4.69) is 16.0 Å². The summed E-state index contributed by atoms with van der Waals surface area (Å²) >= 11 is 0.924. The summed E-state index contributed by atoms with van der Waals surface area (Å²) in [6.07, 6.45) is 0. The largest absolute Gasteiger partial charge is 0.508 e. The van der Waals surface area contributed by atoms with Crippen molar-refractivity contribution in [3.8, 4) is 17.2 Å². The molecule has 0 bridgehead atoms. The molecule has 0 radical (unpaired) electrons. The number of nitrogens with two attached hydrogens (primary N) is 1. The summed E-state index contributed by atoms with van der Waals surface area (Å²) in [6.45, 7) is 1.46. The van der Waals surface area contributed by atoms with Gasteiger partial charge in [0.15, 0.2) is 0 Å². The lowest BCUT2D eigenvalue weighted by Crippen LogP contribution is -2.51. The molecule has 188 valence electrons. The van der Waals surface area contributed by atoms with Crippen LogP contribution in [-0.4, -0.2) is 51.5 Å². The Morgan fingerprint density at radius 3 is 2.22 bits per heavy atom. The molecule has 1 aromatic heterocycles. The van der Waals surface area contributed by atoms with E-state index in [0.29, 0.717) is 11.1 Å². The molecule has 12 heteroatoms. The topological polar surface area (TPSA) is 191 Å². The molecule has 0 aliphatic rings. The summed E-state index contributed by atoms with van der Waals surface area (Å²) in [6, 6.07) is 9.98. The van der Waals surface area contributed by atoms with Crippen molar-refractivity contribution in [1.29, 1.82) is 0 Å². The second-order valence-corrected chi connectivity index (χ2v) is 8.90. The van der Waals surface area contributed by atoms with E-state index >= 15 is 0 Å². The maximum Gasteiger partial charge on any atom is 0.262 e. The summed E-state index contributed by atoms with van der Waals surface area (Å²) in [5.41, 5.74) is 6.51. The van der Waals surface area contributed by atoms with Crippen molar-refractivity contribution < 1.29 is 34.5 Å². The van der Waals surface area contributed by atoms with Gasteiger partial charge < -0.3 is 37.0 Å². The second-order valence-electron chi connectivity index (χ2n) is 7.85. The quantitative estimate of drug-likeness (QED) is 0.223. The first kappa shape index (κ1) is 26.0. The summed E-state index contributed by atoms with van der Waals surface area (Å²) in [4.78, 5) is 49.9. The monoisotopic (exact) mass is 512 g/mol. The van der Waals surface area contributed by atoms with Gasteiger partial charge in [-0.25, -0.2) is 0 Å². The molecule has 1 unspecified atom stereocenters. The normalized spacial score (nSPS) is 11.4. The maximum absolute atomic E-state index is 12.8. The average molecular weight is 513 g/mol. The van der Waals surface area contributed by atoms with E-state index < -0.39 is 29.7 Å². The molecule has 0 fully saturated rings. The Morgan fingerprint density at radius 2 is 1.58 bits per heavy atom. The molecule has 0 saturated carbocycles. The van der Waals surface area contributed by atoms with Crippen LogP contribution in [0.2, 0.25) is 0 Å². The van der Waals surface area contributed by atoms with Crippen LogP contribution in [0.1, 0.15) is 40.8 Å². The van der Waals surface area contributed by atoms with Gasteiger partial charge in [0, 0.05) is 24.7 Å². The van der Waals surface area contributed by atoms with Crippen molar-refractivity contribution >= 4 is 35.0 Å². The first-order valence-corrected chi connectivity index (χ1v) is 11.4. The Bertz CT molecular complexity index is 1300. The van der Waals surface area contributed by atoms with E-state index in [1.807, 2.05) is 0 Å². The van der Waals surface area contributed by atoms with Gasteiger partial charge in [0.05, 0.1) is 9.75 Å². The smallest absolute Gasteiger partial charge is 0.262 e. The first-order valence-electron chi connectivity index (χ1n) is 10.6. The zero-order valence-electron chi connectivity index (χ0n) is 19.1. The van der Waals surface area contributed by atoms with Crippen molar-refractivity contribution in [3.63, 3.8) is 0 Å². The molecule has 0 aliphatic heterocycles. The van der Waals surface area contributed by atoms with Crippen LogP contribution < -0.4 is 21.7 Å². The van der Waals surface area contributed by atoms with E-state index in [-0.39, 0.29) is 45.7 Å². The van der Waals surface area contributed by atoms with Crippen LogP contribution >= 0.6 is 11.3 Å². The fourth-order valence-corrected chi connectivity index (χ4v) is 4.22. The fraction of sp³-hybridized carbons (Fsp3) is 0.167. The number of phenols is 3. The van der Waals surface area contributed by atoms with Gasteiger partial charge in [-0.3, -0.25) is 19.2 Å². The van der Waals surface area contributed by atoms with E-state index in [0.717, 1.165) is 29.5 Å². The van der Waals surface area contributed by atoms with Gasteiger partial charge in [-0.1, -0.05) is 12.1 Å². The number of carbonyl (C=O) groups excluding carboxylic acids is 4. The van der Waals surface area contributed by atoms with Crippen LogP contribution in [0.5, 0.6) is 17.2 Å². The van der Waals surface area contributed by atoms with Crippen LogP contribution in [-0.2, 0) is 11.3 Å². The van der Waals surface area contributed by atoms with Crippen LogP contribution in [0.4, 0.5) is 0 Å². The second kappa shape index (κ2) is 11.2. The molecule has 0 aliphatic carbocycles. The predicted octanol–water partition coefficient (Wildman–Crippen LogP) is 1.12. The van der Waals surface area contributed by atoms with Gasteiger partial charge in [-0.05, 0) is 48.4 Å². The minimum absolute atomic E-state index is 0.0579. The third-order valence-electron chi connectivity index (χ3n) is 4.99. The zero-order chi connectivity index (χ0) is 26.4. The molecule has 1 atom stereocenters. The number of rotatable bonds is 9.